The fourth-order valence-electron chi connectivity index (χ4n) is 1.78. The standard InChI is InChI=1S/C12H9FN2O3/c1-5(16)11(17)7-4-15-10-6(12(14)18)2-3-8(13)9(7)10/h2-4,15H,1H3,(H2,14,18). The molecule has 0 bridgehead atoms. The number of halogens is 1. The van der Waals surface area contributed by atoms with Crippen LogP contribution in [0, 0.1) is 5.82 Å². The molecule has 0 radical (unpaired) electrons. The van der Waals surface area contributed by atoms with Crippen LogP contribution in [0.4, 0.5) is 4.39 Å². The number of nitrogens with two attached hydrogens (primary N) is 1. The van der Waals surface area contributed by atoms with Crippen LogP contribution in [0.15, 0.2) is 18.3 Å². The number of carbonyl (C=O) groups is 3. The predicted octanol–water partition coefficient (Wildman–Crippen LogP) is 1.18. The van der Waals surface area contributed by atoms with Gasteiger partial charge in [0.2, 0.25) is 5.78 Å². The van der Waals surface area contributed by atoms with Gasteiger partial charge in [0.05, 0.1) is 16.6 Å². The Labute approximate surface area is 101 Å². The Balaban J connectivity index is 2.81. The molecule has 0 spiro atoms. The summed E-state index contributed by atoms with van der Waals surface area (Å²) in [4.78, 5) is 36.4. The first-order chi connectivity index (χ1) is 8.43. The van der Waals surface area contributed by atoms with Gasteiger partial charge >= 0.3 is 0 Å². The van der Waals surface area contributed by atoms with Gasteiger partial charge in [0.15, 0.2) is 5.78 Å². The zero-order valence-electron chi connectivity index (χ0n) is 9.41. The Kier molecular flexibility index (Phi) is 2.70. The van der Waals surface area contributed by atoms with E-state index in [0.717, 1.165) is 13.0 Å². The van der Waals surface area contributed by atoms with Gasteiger partial charge in [-0.2, -0.15) is 0 Å². The number of ketones is 2. The van der Waals surface area contributed by atoms with Crippen LogP contribution in [-0.2, 0) is 4.79 Å². The fourth-order valence-corrected chi connectivity index (χ4v) is 1.78. The number of carbonyl (C=O) groups excluding carboxylic acids is 3. The van der Waals surface area contributed by atoms with Crippen LogP contribution < -0.4 is 5.73 Å². The quantitative estimate of drug-likeness (QED) is 0.630. The van der Waals surface area contributed by atoms with Gasteiger partial charge in [-0.1, -0.05) is 0 Å². The van der Waals surface area contributed by atoms with E-state index < -0.39 is 23.3 Å². The van der Waals surface area contributed by atoms with Crippen molar-refractivity contribution in [2.45, 2.75) is 6.92 Å². The number of aromatic nitrogens is 1. The number of primary amides is 1. The maximum atomic E-state index is 13.7. The maximum Gasteiger partial charge on any atom is 0.250 e. The molecule has 0 fully saturated rings. The van der Waals surface area contributed by atoms with Crippen LogP contribution in [0.2, 0.25) is 0 Å². The third-order valence-electron chi connectivity index (χ3n) is 2.61. The van der Waals surface area contributed by atoms with Crippen molar-refractivity contribution < 1.29 is 18.8 Å². The minimum Gasteiger partial charge on any atom is -0.366 e. The largest absolute Gasteiger partial charge is 0.366 e. The van der Waals surface area contributed by atoms with Gasteiger partial charge in [0.25, 0.3) is 5.91 Å². The van der Waals surface area contributed by atoms with Gasteiger partial charge in [-0.15, -0.1) is 0 Å². The number of aromatic amines is 1. The molecule has 0 saturated heterocycles. The van der Waals surface area contributed by atoms with Gasteiger partial charge in [-0.05, 0) is 12.1 Å². The molecule has 0 unspecified atom stereocenters. The summed E-state index contributed by atoms with van der Waals surface area (Å²) in [5.74, 6) is -2.97. The number of Topliss-reactive ketones (excluding diaryl/α,β-unsaturated/α-hetero) is 2. The van der Waals surface area contributed by atoms with Crippen LogP contribution in [0.25, 0.3) is 10.9 Å². The van der Waals surface area contributed by atoms with E-state index in [0.29, 0.717) is 0 Å². The normalized spacial score (nSPS) is 10.6. The molecule has 0 aliphatic carbocycles. The van der Waals surface area contributed by atoms with Crippen LogP contribution in [-0.4, -0.2) is 22.5 Å². The number of amides is 1. The Hall–Kier alpha value is -2.50. The molecule has 1 aromatic carbocycles. The summed E-state index contributed by atoms with van der Waals surface area (Å²) in [6.45, 7) is 1.09. The summed E-state index contributed by atoms with van der Waals surface area (Å²) in [5.41, 5.74) is 5.22. The smallest absolute Gasteiger partial charge is 0.250 e. The predicted molar refractivity (Wildman–Crippen MR) is 61.8 cm³/mol. The summed E-state index contributed by atoms with van der Waals surface area (Å²) >= 11 is 0. The average Bonchev–Trinajstić information content (AvgIpc) is 2.73. The molecule has 0 aliphatic rings. The number of hydrogen-bond donors (Lipinski definition) is 2. The highest BCUT2D eigenvalue weighted by molar-refractivity contribution is 6.45. The molecule has 0 atom stereocenters. The van der Waals surface area contributed by atoms with Crippen molar-refractivity contribution in [1.82, 2.24) is 4.98 Å². The Morgan fingerprint density at radius 2 is 1.89 bits per heavy atom. The highest BCUT2D eigenvalue weighted by Gasteiger charge is 2.21. The van der Waals surface area contributed by atoms with E-state index in [1.807, 2.05) is 0 Å². The fraction of sp³-hybridized carbons (Fsp3) is 0.0833. The SMILES string of the molecule is CC(=O)C(=O)c1c[nH]c2c(C(N)=O)ccc(F)c12. The van der Waals surface area contributed by atoms with Crippen molar-refractivity contribution >= 4 is 28.4 Å². The molecule has 2 rings (SSSR count). The molecule has 92 valence electrons. The van der Waals surface area contributed by atoms with Gasteiger partial charge in [-0.3, -0.25) is 14.4 Å². The minimum atomic E-state index is -0.818. The van der Waals surface area contributed by atoms with E-state index >= 15 is 0 Å². The molecular formula is C12H9FN2O3. The molecule has 1 heterocycles. The third-order valence-corrected chi connectivity index (χ3v) is 2.61. The van der Waals surface area contributed by atoms with Crippen LogP contribution >= 0.6 is 0 Å². The van der Waals surface area contributed by atoms with E-state index in [1.165, 1.54) is 12.3 Å². The van der Waals surface area contributed by atoms with Crippen molar-refractivity contribution in [3.63, 3.8) is 0 Å². The topological polar surface area (TPSA) is 93.0 Å². The van der Waals surface area contributed by atoms with Crippen molar-refractivity contribution in [3.05, 3.63) is 35.3 Å². The second-order valence-electron chi connectivity index (χ2n) is 3.80. The molecular weight excluding hydrogens is 239 g/mol. The third kappa shape index (κ3) is 1.67. The van der Waals surface area contributed by atoms with Crippen LogP contribution in [0.5, 0.6) is 0 Å². The van der Waals surface area contributed by atoms with Crippen molar-refractivity contribution in [3.8, 4) is 0 Å². The van der Waals surface area contributed by atoms with Crippen molar-refractivity contribution in [2.75, 3.05) is 0 Å². The van der Waals surface area contributed by atoms with Gasteiger partial charge in [0, 0.05) is 18.5 Å². The lowest BCUT2D eigenvalue weighted by atomic mass is 10.0. The molecule has 1 aromatic heterocycles. The van der Waals surface area contributed by atoms with Crippen molar-refractivity contribution in [1.29, 1.82) is 0 Å². The van der Waals surface area contributed by atoms with E-state index in [-0.39, 0.29) is 22.0 Å². The average molecular weight is 248 g/mol. The Bertz CT molecular complexity index is 688. The lowest BCUT2D eigenvalue weighted by Gasteiger charge is -2.00. The second-order valence-corrected chi connectivity index (χ2v) is 3.80. The molecule has 2 aromatic rings. The summed E-state index contributed by atoms with van der Waals surface area (Å²) in [5, 5.41) is -0.0912. The molecule has 1 amide bonds. The monoisotopic (exact) mass is 248 g/mol. The lowest BCUT2D eigenvalue weighted by Crippen LogP contribution is -2.12. The minimum absolute atomic E-state index is 0.0639. The number of fused-ring (bicyclic) bond motifs is 1. The Morgan fingerprint density at radius 3 is 2.44 bits per heavy atom. The van der Waals surface area contributed by atoms with Gasteiger partial charge in [0.1, 0.15) is 5.82 Å². The van der Waals surface area contributed by atoms with Crippen LogP contribution in [0.3, 0.4) is 0 Å². The zero-order chi connectivity index (χ0) is 13.4. The molecule has 5 nitrogen and oxygen atoms in total. The Morgan fingerprint density at radius 1 is 1.22 bits per heavy atom. The van der Waals surface area contributed by atoms with Gasteiger partial charge < -0.3 is 10.7 Å². The maximum absolute atomic E-state index is 13.7. The van der Waals surface area contributed by atoms with E-state index in [4.69, 9.17) is 5.73 Å². The lowest BCUT2D eigenvalue weighted by molar-refractivity contribution is -0.113. The first-order valence-corrected chi connectivity index (χ1v) is 5.08. The first-order valence-electron chi connectivity index (χ1n) is 5.08. The molecule has 0 saturated carbocycles. The van der Waals surface area contributed by atoms with E-state index in [9.17, 15) is 18.8 Å². The molecule has 3 N–H and O–H groups in total. The van der Waals surface area contributed by atoms with Crippen molar-refractivity contribution in [2.24, 2.45) is 5.73 Å². The van der Waals surface area contributed by atoms with Gasteiger partial charge in [-0.25, -0.2) is 4.39 Å². The highest BCUT2D eigenvalue weighted by Crippen LogP contribution is 2.25. The number of hydrogen-bond acceptors (Lipinski definition) is 3. The second kappa shape index (κ2) is 4.06. The summed E-state index contributed by atoms with van der Waals surface area (Å²) in [6.07, 6.45) is 1.20. The van der Waals surface area contributed by atoms with Crippen LogP contribution in [0.1, 0.15) is 27.6 Å². The summed E-state index contributed by atoms with van der Waals surface area (Å²) in [6, 6.07) is 2.26. The number of H-pyrrole nitrogens is 1. The van der Waals surface area contributed by atoms with E-state index in [1.54, 1.807) is 0 Å². The molecule has 6 heteroatoms. The highest BCUT2D eigenvalue weighted by atomic mass is 19.1. The number of nitrogens with one attached hydrogen (secondary N) is 1. The molecule has 18 heavy (non-hydrogen) atoms. The van der Waals surface area contributed by atoms with E-state index in [2.05, 4.69) is 4.98 Å². The zero-order valence-corrected chi connectivity index (χ0v) is 9.41. The number of benzene rings is 1. The number of rotatable bonds is 3. The summed E-state index contributed by atoms with van der Waals surface area (Å²) < 4.78 is 13.7. The first kappa shape index (κ1) is 12.0. The molecule has 0 aliphatic heterocycles. The summed E-state index contributed by atoms with van der Waals surface area (Å²) in [7, 11) is 0.